The van der Waals surface area contributed by atoms with E-state index in [1.165, 1.54) is 0 Å². The Morgan fingerprint density at radius 2 is 2.28 bits per heavy atom. The summed E-state index contributed by atoms with van der Waals surface area (Å²) in [6.45, 7) is 3.31. The van der Waals surface area contributed by atoms with Crippen LogP contribution in [0.2, 0.25) is 0 Å². The van der Waals surface area contributed by atoms with Gasteiger partial charge in [-0.2, -0.15) is 5.10 Å². The van der Waals surface area contributed by atoms with E-state index in [2.05, 4.69) is 10.2 Å². The zero-order valence-electron chi connectivity index (χ0n) is 15.0. The number of carbonyl (C=O) groups excluding carboxylic acids is 2. The number of nitrogens with zero attached hydrogens (tertiary/aromatic N) is 3. The van der Waals surface area contributed by atoms with Gasteiger partial charge >= 0.3 is 0 Å². The smallest absolute Gasteiger partial charge is 0.230 e. The van der Waals surface area contributed by atoms with Crippen LogP contribution in [0.1, 0.15) is 37.7 Å². The van der Waals surface area contributed by atoms with E-state index in [0.29, 0.717) is 32.7 Å². The van der Waals surface area contributed by atoms with Gasteiger partial charge in [0.15, 0.2) is 0 Å². The highest BCUT2D eigenvalue weighted by Crippen LogP contribution is 2.40. The van der Waals surface area contributed by atoms with Crippen LogP contribution in [-0.2, 0) is 20.7 Å². The molecule has 0 aliphatic carbocycles. The standard InChI is InChI=1S/C18H28N4O3/c1-25-11-10-21-8-3-6-18(17(21)24)7-9-22(14-18)16(23)5-2-4-15-12-19-20-13-15/h12-13H,2-11,14H2,1H3,(H,19,20)/t18-/m1/s1. The highest BCUT2D eigenvalue weighted by atomic mass is 16.5. The van der Waals surface area contributed by atoms with Gasteiger partial charge in [-0.3, -0.25) is 14.7 Å². The van der Waals surface area contributed by atoms with Crippen LogP contribution in [0.3, 0.4) is 0 Å². The number of ether oxygens (including phenoxy) is 1. The summed E-state index contributed by atoms with van der Waals surface area (Å²) in [4.78, 5) is 29.2. The first kappa shape index (κ1) is 17.9. The van der Waals surface area contributed by atoms with Crippen molar-refractivity contribution in [3.05, 3.63) is 18.0 Å². The molecule has 138 valence electrons. The molecule has 0 bridgehead atoms. The second-order valence-electron chi connectivity index (χ2n) is 7.19. The molecular weight excluding hydrogens is 320 g/mol. The maximum atomic E-state index is 12.9. The summed E-state index contributed by atoms with van der Waals surface area (Å²) in [7, 11) is 1.66. The molecule has 7 nitrogen and oxygen atoms in total. The van der Waals surface area contributed by atoms with E-state index < -0.39 is 0 Å². The molecule has 1 spiro atoms. The summed E-state index contributed by atoms with van der Waals surface area (Å²) in [6, 6.07) is 0. The third-order valence-electron chi connectivity index (χ3n) is 5.51. The van der Waals surface area contributed by atoms with Gasteiger partial charge in [0.25, 0.3) is 0 Å². The third-order valence-corrected chi connectivity index (χ3v) is 5.51. The molecule has 2 aliphatic heterocycles. The Labute approximate surface area is 148 Å². The molecule has 0 aromatic carbocycles. The SMILES string of the molecule is COCCN1CCC[C@]2(CCN(C(=O)CCCc3cn[nH]c3)C2)C1=O. The molecule has 3 rings (SSSR count). The molecule has 0 radical (unpaired) electrons. The number of aryl methyl sites for hydroxylation is 1. The number of nitrogens with one attached hydrogen (secondary N) is 1. The molecule has 2 saturated heterocycles. The molecule has 1 atom stereocenters. The molecule has 1 N–H and O–H groups in total. The third kappa shape index (κ3) is 4.03. The van der Waals surface area contributed by atoms with Crippen LogP contribution in [0, 0.1) is 5.41 Å². The number of aromatic nitrogens is 2. The Kier molecular flexibility index (Phi) is 5.73. The number of likely N-dealkylation sites (tertiary alicyclic amines) is 2. The highest BCUT2D eigenvalue weighted by molar-refractivity contribution is 5.86. The molecule has 2 fully saturated rings. The van der Waals surface area contributed by atoms with Crippen LogP contribution < -0.4 is 0 Å². The average molecular weight is 348 g/mol. The summed E-state index contributed by atoms with van der Waals surface area (Å²) in [5, 5.41) is 6.71. The Bertz CT molecular complexity index is 589. The molecular formula is C18H28N4O3. The number of rotatable bonds is 7. The number of methoxy groups -OCH3 is 1. The Hall–Kier alpha value is -1.89. The van der Waals surface area contributed by atoms with Crippen LogP contribution in [-0.4, -0.2) is 71.7 Å². The van der Waals surface area contributed by atoms with Crippen molar-refractivity contribution < 1.29 is 14.3 Å². The summed E-state index contributed by atoms with van der Waals surface area (Å²) in [6.07, 6.45) is 8.56. The molecule has 1 aromatic rings. The van der Waals surface area contributed by atoms with E-state index >= 15 is 0 Å². The van der Waals surface area contributed by atoms with Crippen LogP contribution >= 0.6 is 0 Å². The fraction of sp³-hybridized carbons (Fsp3) is 0.722. The minimum atomic E-state index is -0.355. The summed E-state index contributed by atoms with van der Waals surface area (Å²) in [5.74, 6) is 0.381. The number of hydrogen-bond acceptors (Lipinski definition) is 4. The van der Waals surface area contributed by atoms with Crippen molar-refractivity contribution in [2.75, 3.05) is 39.9 Å². The van der Waals surface area contributed by atoms with Crippen molar-refractivity contribution in [3.8, 4) is 0 Å². The average Bonchev–Trinajstić information content (AvgIpc) is 3.27. The second-order valence-corrected chi connectivity index (χ2v) is 7.19. The van der Waals surface area contributed by atoms with Gasteiger partial charge in [0.2, 0.25) is 11.8 Å². The maximum absolute atomic E-state index is 12.9. The van der Waals surface area contributed by atoms with Crippen molar-refractivity contribution >= 4 is 11.8 Å². The van der Waals surface area contributed by atoms with Crippen molar-refractivity contribution in [1.82, 2.24) is 20.0 Å². The number of H-pyrrole nitrogens is 1. The maximum Gasteiger partial charge on any atom is 0.230 e. The lowest BCUT2D eigenvalue weighted by molar-refractivity contribution is -0.146. The van der Waals surface area contributed by atoms with Crippen LogP contribution in [0.15, 0.2) is 12.4 Å². The molecule has 2 aliphatic rings. The Morgan fingerprint density at radius 1 is 1.40 bits per heavy atom. The molecule has 2 amide bonds. The van der Waals surface area contributed by atoms with Crippen LogP contribution in [0.25, 0.3) is 0 Å². The van der Waals surface area contributed by atoms with Gasteiger partial charge in [-0.1, -0.05) is 0 Å². The zero-order chi connectivity index (χ0) is 17.7. The lowest BCUT2D eigenvalue weighted by Gasteiger charge is -2.39. The number of amides is 2. The van der Waals surface area contributed by atoms with E-state index in [0.717, 1.165) is 44.2 Å². The zero-order valence-corrected chi connectivity index (χ0v) is 15.0. The van der Waals surface area contributed by atoms with E-state index in [1.807, 2.05) is 16.0 Å². The summed E-state index contributed by atoms with van der Waals surface area (Å²) < 4.78 is 5.11. The molecule has 0 unspecified atom stereocenters. The van der Waals surface area contributed by atoms with Crippen molar-refractivity contribution in [1.29, 1.82) is 0 Å². The van der Waals surface area contributed by atoms with Crippen molar-refractivity contribution in [2.45, 2.75) is 38.5 Å². The fourth-order valence-electron chi connectivity index (χ4n) is 4.05. The number of piperidine rings is 1. The first-order chi connectivity index (χ1) is 12.1. The summed E-state index contributed by atoms with van der Waals surface area (Å²) >= 11 is 0. The van der Waals surface area contributed by atoms with E-state index in [-0.39, 0.29) is 17.2 Å². The predicted molar refractivity (Wildman–Crippen MR) is 92.8 cm³/mol. The minimum Gasteiger partial charge on any atom is -0.383 e. The normalized spacial score (nSPS) is 23.6. The number of hydrogen-bond donors (Lipinski definition) is 1. The first-order valence-electron chi connectivity index (χ1n) is 9.18. The number of carbonyl (C=O) groups is 2. The second kappa shape index (κ2) is 7.99. The largest absolute Gasteiger partial charge is 0.383 e. The number of aromatic amines is 1. The lowest BCUT2D eigenvalue weighted by atomic mass is 9.78. The molecule has 1 aromatic heterocycles. The molecule has 25 heavy (non-hydrogen) atoms. The van der Waals surface area contributed by atoms with Gasteiger partial charge in [0, 0.05) is 45.9 Å². The molecule has 7 heteroatoms. The predicted octanol–water partition coefficient (Wildman–Crippen LogP) is 1.22. The van der Waals surface area contributed by atoms with Crippen LogP contribution in [0.4, 0.5) is 0 Å². The van der Waals surface area contributed by atoms with Gasteiger partial charge in [0.1, 0.15) is 0 Å². The van der Waals surface area contributed by atoms with Gasteiger partial charge in [0.05, 0.1) is 18.2 Å². The lowest BCUT2D eigenvalue weighted by Crippen LogP contribution is -2.51. The highest BCUT2D eigenvalue weighted by Gasteiger charge is 2.49. The molecule has 0 saturated carbocycles. The van der Waals surface area contributed by atoms with Crippen molar-refractivity contribution in [2.24, 2.45) is 5.41 Å². The van der Waals surface area contributed by atoms with E-state index in [4.69, 9.17) is 4.74 Å². The van der Waals surface area contributed by atoms with Gasteiger partial charge in [-0.15, -0.1) is 0 Å². The van der Waals surface area contributed by atoms with Gasteiger partial charge < -0.3 is 14.5 Å². The summed E-state index contributed by atoms with van der Waals surface area (Å²) in [5.41, 5.74) is 0.772. The Morgan fingerprint density at radius 3 is 3.04 bits per heavy atom. The molecule has 3 heterocycles. The van der Waals surface area contributed by atoms with Crippen molar-refractivity contribution in [3.63, 3.8) is 0 Å². The van der Waals surface area contributed by atoms with E-state index in [9.17, 15) is 9.59 Å². The van der Waals surface area contributed by atoms with Gasteiger partial charge in [-0.05, 0) is 37.7 Å². The van der Waals surface area contributed by atoms with Crippen LogP contribution in [0.5, 0.6) is 0 Å². The quantitative estimate of drug-likeness (QED) is 0.804. The Balaban J connectivity index is 1.51. The first-order valence-corrected chi connectivity index (χ1v) is 9.18. The van der Waals surface area contributed by atoms with Gasteiger partial charge in [-0.25, -0.2) is 0 Å². The fourth-order valence-corrected chi connectivity index (χ4v) is 4.05. The monoisotopic (exact) mass is 348 g/mol. The minimum absolute atomic E-state index is 0.169. The van der Waals surface area contributed by atoms with E-state index in [1.54, 1.807) is 13.3 Å². The topological polar surface area (TPSA) is 78.5 Å².